The van der Waals surface area contributed by atoms with Gasteiger partial charge in [0.1, 0.15) is 0 Å². The number of pyridine rings is 1. The molecule has 2 heterocycles. The number of carbonyl (C=O) groups is 1. The van der Waals surface area contributed by atoms with Crippen LogP contribution in [0.1, 0.15) is 47.0 Å². The van der Waals surface area contributed by atoms with Gasteiger partial charge in [0.15, 0.2) is 0 Å². The second kappa shape index (κ2) is 6.26. The molecule has 1 fully saturated rings. The van der Waals surface area contributed by atoms with E-state index in [-0.39, 0.29) is 17.5 Å². The Hall–Kier alpha value is -1.88. The van der Waals surface area contributed by atoms with E-state index in [2.05, 4.69) is 16.4 Å². The normalized spacial score (nSPS) is 16.8. The Labute approximate surface area is 127 Å². The predicted molar refractivity (Wildman–Crippen MR) is 83.5 cm³/mol. The van der Waals surface area contributed by atoms with Crippen LogP contribution in [0.25, 0.3) is 0 Å². The van der Waals surface area contributed by atoms with Crippen molar-refractivity contribution >= 4 is 17.2 Å². The minimum atomic E-state index is -0.254. The molecule has 0 saturated heterocycles. The second-order valence-corrected chi connectivity index (χ2v) is 6.43. The van der Waals surface area contributed by atoms with Gasteiger partial charge in [-0.25, -0.2) is 0 Å². The largest absolute Gasteiger partial charge is 0.344 e. The molecule has 5 heteroatoms. The molecular weight excluding hydrogens is 284 g/mol. The summed E-state index contributed by atoms with van der Waals surface area (Å²) < 4.78 is 0. The summed E-state index contributed by atoms with van der Waals surface area (Å²) in [6.45, 7) is 0. The standard InChI is InChI=1S/C16H18N2O2S/c19-14-10-12(7-8-17-14)16(20)18-15(11-4-1-2-5-11)13-6-3-9-21-13/h3,6-11,15H,1-2,4-5H2,(H,17,19)(H,18,20). The number of nitrogens with one attached hydrogen (secondary N) is 2. The molecule has 1 saturated carbocycles. The van der Waals surface area contributed by atoms with Crippen LogP contribution in [-0.2, 0) is 0 Å². The Balaban J connectivity index is 1.81. The lowest BCUT2D eigenvalue weighted by atomic mass is 9.96. The zero-order chi connectivity index (χ0) is 14.7. The molecule has 21 heavy (non-hydrogen) atoms. The summed E-state index contributed by atoms with van der Waals surface area (Å²) in [7, 11) is 0. The summed E-state index contributed by atoms with van der Waals surface area (Å²) in [6, 6.07) is 7.12. The van der Waals surface area contributed by atoms with Crippen LogP contribution in [0.2, 0.25) is 0 Å². The smallest absolute Gasteiger partial charge is 0.252 e. The highest BCUT2D eigenvalue weighted by molar-refractivity contribution is 7.10. The van der Waals surface area contributed by atoms with Crippen molar-refractivity contribution in [1.29, 1.82) is 0 Å². The van der Waals surface area contributed by atoms with Gasteiger partial charge in [0.2, 0.25) is 5.56 Å². The topological polar surface area (TPSA) is 62.0 Å². The minimum absolute atomic E-state index is 0.0549. The van der Waals surface area contributed by atoms with Gasteiger partial charge in [-0.3, -0.25) is 9.59 Å². The molecule has 1 amide bonds. The van der Waals surface area contributed by atoms with E-state index < -0.39 is 0 Å². The van der Waals surface area contributed by atoms with Crippen molar-refractivity contribution in [1.82, 2.24) is 10.3 Å². The van der Waals surface area contributed by atoms with Crippen molar-refractivity contribution in [3.8, 4) is 0 Å². The number of carbonyl (C=O) groups excluding carboxylic acids is 1. The van der Waals surface area contributed by atoms with Crippen LogP contribution < -0.4 is 10.9 Å². The van der Waals surface area contributed by atoms with E-state index >= 15 is 0 Å². The summed E-state index contributed by atoms with van der Waals surface area (Å²) in [5.41, 5.74) is 0.162. The van der Waals surface area contributed by atoms with Crippen molar-refractivity contribution in [2.75, 3.05) is 0 Å². The van der Waals surface area contributed by atoms with Gasteiger partial charge < -0.3 is 10.3 Å². The maximum atomic E-state index is 12.4. The fraction of sp³-hybridized carbons (Fsp3) is 0.375. The first-order valence-electron chi connectivity index (χ1n) is 7.27. The lowest BCUT2D eigenvalue weighted by Gasteiger charge is -2.23. The van der Waals surface area contributed by atoms with Crippen LogP contribution >= 0.6 is 11.3 Å². The molecule has 4 nitrogen and oxygen atoms in total. The molecule has 0 aromatic carbocycles. The Morgan fingerprint density at radius 3 is 2.81 bits per heavy atom. The van der Waals surface area contributed by atoms with Crippen LogP contribution in [0.5, 0.6) is 0 Å². The average Bonchev–Trinajstić information content (AvgIpc) is 3.18. The van der Waals surface area contributed by atoms with Gasteiger partial charge in [-0.05, 0) is 36.3 Å². The van der Waals surface area contributed by atoms with Crippen molar-refractivity contribution < 1.29 is 4.79 Å². The zero-order valence-electron chi connectivity index (χ0n) is 11.7. The lowest BCUT2D eigenvalue weighted by Crippen LogP contribution is -2.32. The molecule has 3 rings (SSSR count). The summed E-state index contributed by atoms with van der Waals surface area (Å²) in [4.78, 5) is 27.5. The monoisotopic (exact) mass is 302 g/mol. The highest BCUT2D eigenvalue weighted by atomic mass is 32.1. The maximum Gasteiger partial charge on any atom is 0.252 e. The first kappa shape index (κ1) is 14.1. The third-order valence-electron chi connectivity index (χ3n) is 4.04. The number of aromatic nitrogens is 1. The molecular formula is C16H18N2O2S. The molecule has 2 N–H and O–H groups in total. The summed E-state index contributed by atoms with van der Waals surface area (Å²) in [5, 5.41) is 5.16. The van der Waals surface area contributed by atoms with Crippen LogP contribution in [0.15, 0.2) is 40.6 Å². The van der Waals surface area contributed by atoms with Crippen LogP contribution in [0.3, 0.4) is 0 Å². The van der Waals surface area contributed by atoms with Gasteiger partial charge in [-0.1, -0.05) is 18.9 Å². The molecule has 1 atom stereocenters. The van der Waals surface area contributed by atoms with E-state index in [1.54, 1.807) is 17.4 Å². The Morgan fingerprint density at radius 1 is 1.33 bits per heavy atom. The molecule has 0 bridgehead atoms. The minimum Gasteiger partial charge on any atom is -0.344 e. The summed E-state index contributed by atoms with van der Waals surface area (Å²) in [6.07, 6.45) is 6.27. The first-order valence-corrected chi connectivity index (χ1v) is 8.15. The van der Waals surface area contributed by atoms with Crippen molar-refractivity contribution in [2.24, 2.45) is 5.92 Å². The Bertz CT molecular complexity index is 657. The third-order valence-corrected chi connectivity index (χ3v) is 5.00. The molecule has 1 aliphatic rings. The fourth-order valence-electron chi connectivity index (χ4n) is 2.99. The highest BCUT2D eigenvalue weighted by Crippen LogP contribution is 2.37. The molecule has 110 valence electrons. The number of rotatable bonds is 4. The van der Waals surface area contributed by atoms with E-state index in [1.807, 2.05) is 11.4 Å². The number of amides is 1. The first-order chi connectivity index (χ1) is 10.2. The number of H-pyrrole nitrogens is 1. The van der Waals surface area contributed by atoms with E-state index in [1.165, 1.54) is 30.0 Å². The van der Waals surface area contributed by atoms with Gasteiger partial charge >= 0.3 is 0 Å². The van der Waals surface area contributed by atoms with Gasteiger partial charge in [0.25, 0.3) is 5.91 Å². The van der Waals surface area contributed by atoms with Gasteiger partial charge in [0.05, 0.1) is 6.04 Å². The van der Waals surface area contributed by atoms with Gasteiger partial charge in [-0.2, -0.15) is 0 Å². The number of aromatic amines is 1. The van der Waals surface area contributed by atoms with Crippen molar-refractivity contribution in [3.05, 3.63) is 56.6 Å². The average molecular weight is 302 g/mol. The van der Waals surface area contributed by atoms with E-state index in [0.29, 0.717) is 11.5 Å². The Morgan fingerprint density at radius 2 is 2.14 bits per heavy atom. The second-order valence-electron chi connectivity index (χ2n) is 5.45. The SMILES string of the molecule is O=C(NC(c1cccs1)C1CCCC1)c1cc[nH]c(=O)c1. The molecule has 0 radical (unpaired) electrons. The van der Waals surface area contributed by atoms with E-state index in [9.17, 15) is 9.59 Å². The van der Waals surface area contributed by atoms with Crippen molar-refractivity contribution in [2.45, 2.75) is 31.7 Å². The van der Waals surface area contributed by atoms with Crippen LogP contribution in [-0.4, -0.2) is 10.9 Å². The summed E-state index contributed by atoms with van der Waals surface area (Å²) >= 11 is 1.68. The number of thiophene rings is 1. The molecule has 1 aliphatic carbocycles. The van der Waals surface area contributed by atoms with Crippen LogP contribution in [0.4, 0.5) is 0 Å². The molecule has 0 spiro atoms. The zero-order valence-corrected chi connectivity index (χ0v) is 12.5. The fourth-order valence-corrected chi connectivity index (χ4v) is 3.86. The maximum absolute atomic E-state index is 12.4. The number of hydrogen-bond donors (Lipinski definition) is 2. The third kappa shape index (κ3) is 3.24. The quantitative estimate of drug-likeness (QED) is 0.911. The summed E-state index contributed by atoms with van der Waals surface area (Å²) in [5.74, 6) is 0.320. The van der Waals surface area contributed by atoms with Gasteiger partial charge in [0, 0.05) is 22.7 Å². The molecule has 2 aromatic rings. The molecule has 1 unspecified atom stereocenters. The van der Waals surface area contributed by atoms with Gasteiger partial charge in [-0.15, -0.1) is 11.3 Å². The van der Waals surface area contributed by atoms with E-state index in [0.717, 1.165) is 12.8 Å². The highest BCUT2D eigenvalue weighted by Gasteiger charge is 2.28. The predicted octanol–water partition coefficient (Wildman–Crippen LogP) is 3.10. The van der Waals surface area contributed by atoms with E-state index in [4.69, 9.17) is 0 Å². The number of hydrogen-bond acceptors (Lipinski definition) is 3. The lowest BCUT2D eigenvalue weighted by molar-refractivity contribution is 0.0922. The molecule has 2 aromatic heterocycles. The Kier molecular flexibility index (Phi) is 4.20. The van der Waals surface area contributed by atoms with Crippen LogP contribution in [0, 0.1) is 5.92 Å². The van der Waals surface area contributed by atoms with Crippen molar-refractivity contribution in [3.63, 3.8) is 0 Å². The molecule has 0 aliphatic heterocycles.